The summed E-state index contributed by atoms with van der Waals surface area (Å²) in [6.45, 7) is 2.97. The summed E-state index contributed by atoms with van der Waals surface area (Å²) < 4.78 is 5.90. The smallest absolute Gasteiger partial charge is 0.137 e. The van der Waals surface area contributed by atoms with E-state index >= 15 is 0 Å². The van der Waals surface area contributed by atoms with Crippen LogP contribution in [-0.4, -0.2) is 28.7 Å². The van der Waals surface area contributed by atoms with Gasteiger partial charge in [0, 0.05) is 12.0 Å². The first-order valence-corrected chi connectivity index (χ1v) is 7.41. The Morgan fingerprint density at radius 3 is 2.95 bits per heavy atom. The van der Waals surface area contributed by atoms with Crippen LogP contribution in [0.4, 0.5) is 5.82 Å². The zero-order valence-corrected chi connectivity index (χ0v) is 11.7. The first-order chi connectivity index (χ1) is 9.83. The topological polar surface area (TPSA) is 47.0 Å². The van der Waals surface area contributed by atoms with Crippen molar-refractivity contribution < 1.29 is 4.74 Å². The molecule has 0 bridgehead atoms. The molecule has 4 heteroatoms. The van der Waals surface area contributed by atoms with Crippen LogP contribution in [0.15, 0.2) is 24.5 Å². The van der Waals surface area contributed by atoms with Crippen molar-refractivity contribution in [3.63, 3.8) is 0 Å². The zero-order valence-electron chi connectivity index (χ0n) is 11.7. The second-order valence-corrected chi connectivity index (χ2v) is 5.90. The van der Waals surface area contributed by atoms with Gasteiger partial charge in [0.25, 0.3) is 0 Å². The minimum Gasteiger partial charge on any atom is -0.376 e. The molecule has 2 fully saturated rings. The van der Waals surface area contributed by atoms with Gasteiger partial charge < -0.3 is 10.1 Å². The van der Waals surface area contributed by atoms with Crippen LogP contribution in [-0.2, 0) is 4.74 Å². The number of ether oxygens (including phenoxy) is 1. The van der Waals surface area contributed by atoms with Crippen LogP contribution in [0, 0.1) is 12.8 Å². The maximum absolute atomic E-state index is 5.90. The molecule has 0 unspecified atom stereocenters. The van der Waals surface area contributed by atoms with E-state index in [0.29, 0.717) is 12.1 Å². The average Bonchev–Trinajstić information content (AvgIpc) is 3.20. The largest absolute Gasteiger partial charge is 0.376 e. The van der Waals surface area contributed by atoms with Gasteiger partial charge in [0.05, 0.1) is 17.7 Å². The molecule has 0 spiro atoms. The summed E-state index contributed by atoms with van der Waals surface area (Å²) in [6.07, 6.45) is 5.70. The number of rotatable bonds is 3. The highest BCUT2D eigenvalue weighted by Gasteiger charge is 2.40. The van der Waals surface area contributed by atoms with E-state index in [4.69, 9.17) is 4.74 Å². The molecule has 0 amide bonds. The van der Waals surface area contributed by atoms with E-state index in [2.05, 4.69) is 28.3 Å². The van der Waals surface area contributed by atoms with Gasteiger partial charge in [-0.3, -0.25) is 0 Å². The van der Waals surface area contributed by atoms with Crippen LogP contribution in [0.5, 0.6) is 0 Å². The molecule has 20 heavy (non-hydrogen) atoms. The summed E-state index contributed by atoms with van der Waals surface area (Å²) in [5, 5.41) is 4.76. The number of nitrogens with zero attached hydrogens (tertiary/aromatic N) is 2. The first kappa shape index (κ1) is 12.1. The third-order valence-corrected chi connectivity index (χ3v) is 4.42. The number of aryl methyl sites for hydroxylation is 1. The SMILES string of the molecule is Cc1cccc2ncnc(N[C@H]3CCO[C@@H]3C3CC3)c12. The van der Waals surface area contributed by atoms with Crippen LogP contribution in [0.2, 0.25) is 0 Å². The second kappa shape index (κ2) is 4.70. The van der Waals surface area contributed by atoms with E-state index in [-0.39, 0.29) is 0 Å². The summed E-state index contributed by atoms with van der Waals surface area (Å²) in [7, 11) is 0. The van der Waals surface area contributed by atoms with Crippen LogP contribution in [0.1, 0.15) is 24.8 Å². The molecule has 1 aliphatic carbocycles. The number of benzene rings is 1. The van der Waals surface area contributed by atoms with E-state index in [0.717, 1.165) is 35.7 Å². The van der Waals surface area contributed by atoms with Crippen molar-refractivity contribution in [2.45, 2.75) is 38.3 Å². The number of fused-ring (bicyclic) bond motifs is 1. The number of anilines is 1. The monoisotopic (exact) mass is 269 g/mol. The lowest BCUT2D eigenvalue weighted by Gasteiger charge is -2.21. The Kier molecular flexibility index (Phi) is 2.84. The van der Waals surface area contributed by atoms with Crippen molar-refractivity contribution in [2.24, 2.45) is 5.92 Å². The van der Waals surface area contributed by atoms with Gasteiger partial charge in [0.2, 0.25) is 0 Å². The highest BCUT2D eigenvalue weighted by atomic mass is 16.5. The van der Waals surface area contributed by atoms with E-state index in [1.165, 1.54) is 18.4 Å². The second-order valence-electron chi connectivity index (χ2n) is 5.90. The van der Waals surface area contributed by atoms with Gasteiger partial charge >= 0.3 is 0 Å². The molecule has 2 atom stereocenters. The fraction of sp³-hybridized carbons (Fsp3) is 0.500. The number of hydrogen-bond donors (Lipinski definition) is 1. The fourth-order valence-corrected chi connectivity index (χ4v) is 3.22. The molecule has 4 nitrogen and oxygen atoms in total. The quantitative estimate of drug-likeness (QED) is 0.930. The summed E-state index contributed by atoms with van der Waals surface area (Å²) in [5.74, 6) is 1.71. The molecule has 2 aliphatic rings. The molecule has 104 valence electrons. The van der Waals surface area contributed by atoms with Gasteiger partial charge in [-0.05, 0) is 43.7 Å². The number of hydrogen-bond acceptors (Lipinski definition) is 4. The molecule has 2 heterocycles. The van der Waals surface area contributed by atoms with Gasteiger partial charge in [-0.1, -0.05) is 12.1 Å². The molecule has 1 saturated carbocycles. The highest BCUT2D eigenvalue weighted by Crippen LogP contribution is 2.40. The minimum absolute atomic E-state index is 0.365. The molecular weight excluding hydrogens is 250 g/mol. The summed E-state index contributed by atoms with van der Waals surface area (Å²) in [4.78, 5) is 8.83. The van der Waals surface area contributed by atoms with Gasteiger partial charge in [-0.2, -0.15) is 0 Å². The lowest BCUT2D eigenvalue weighted by atomic mass is 10.1. The van der Waals surface area contributed by atoms with Crippen molar-refractivity contribution in [3.8, 4) is 0 Å². The van der Waals surface area contributed by atoms with Crippen molar-refractivity contribution in [1.82, 2.24) is 9.97 Å². The van der Waals surface area contributed by atoms with Crippen LogP contribution in [0.3, 0.4) is 0 Å². The van der Waals surface area contributed by atoms with Crippen LogP contribution in [0.25, 0.3) is 10.9 Å². The van der Waals surface area contributed by atoms with Crippen LogP contribution < -0.4 is 5.32 Å². The Labute approximate surface area is 118 Å². The maximum Gasteiger partial charge on any atom is 0.137 e. The maximum atomic E-state index is 5.90. The van der Waals surface area contributed by atoms with E-state index in [1.807, 2.05) is 12.1 Å². The van der Waals surface area contributed by atoms with Gasteiger partial charge in [0.1, 0.15) is 12.1 Å². The average molecular weight is 269 g/mol. The van der Waals surface area contributed by atoms with Crippen molar-refractivity contribution in [2.75, 3.05) is 11.9 Å². The molecular formula is C16H19N3O. The summed E-state index contributed by atoms with van der Waals surface area (Å²) >= 11 is 0. The molecule has 4 rings (SSSR count). The van der Waals surface area contributed by atoms with Crippen molar-refractivity contribution in [1.29, 1.82) is 0 Å². The first-order valence-electron chi connectivity index (χ1n) is 7.41. The zero-order chi connectivity index (χ0) is 13.5. The highest BCUT2D eigenvalue weighted by molar-refractivity contribution is 5.91. The fourth-order valence-electron chi connectivity index (χ4n) is 3.22. The van der Waals surface area contributed by atoms with E-state index in [1.54, 1.807) is 6.33 Å². The van der Waals surface area contributed by atoms with E-state index in [9.17, 15) is 0 Å². The predicted octanol–water partition coefficient (Wildman–Crippen LogP) is 2.92. The van der Waals surface area contributed by atoms with Gasteiger partial charge in [-0.15, -0.1) is 0 Å². The molecule has 1 saturated heterocycles. The Morgan fingerprint density at radius 1 is 1.20 bits per heavy atom. The van der Waals surface area contributed by atoms with Crippen LogP contribution >= 0.6 is 0 Å². The molecule has 2 aromatic rings. The number of aromatic nitrogens is 2. The summed E-state index contributed by atoms with van der Waals surface area (Å²) in [5.41, 5.74) is 2.22. The lowest BCUT2D eigenvalue weighted by molar-refractivity contribution is 0.0898. The standard InChI is InChI=1S/C16H19N3O/c1-10-3-2-4-12-14(10)16(18-9-17-12)19-13-7-8-20-15(13)11-5-6-11/h2-4,9,11,13,15H,5-8H2,1H3,(H,17,18,19)/t13-,15+/m0/s1. The third kappa shape index (κ3) is 2.04. The van der Waals surface area contributed by atoms with Gasteiger partial charge in [0.15, 0.2) is 0 Å². The Balaban J connectivity index is 1.68. The van der Waals surface area contributed by atoms with Crippen molar-refractivity contribution >= 4 is 16.7 Å². The number of nitrogens with one attached hydrogen (secondary N) is 1. The van der Waals surface area contributed by atoms with Gasteiger partial charge in [-0.25, -0.2) is 9.97 Å². The van der Waals surface area contributed by atoms with E-state index < -0.39 is 0 Å². The molecule has 1 aromatic heterocycles. The molecule has 1 aromatic carbocycles. The third-order valence-electron chi connectivity index (χ3n) is 4.42. The Hall–Kier alpha value is -1.68. The lowest BCUT2D eigenvalue weighted by Crippen LogP contribution is -2.31. The Morgan fingerprint density at radius 2 is 2.10 bits per heavy atom. The minimum atomic E-state index is 0.365. The normalized spacial score (nSPS) is 26.1. The Bertz CT molecular complexity index is 633. The van der Waals surface area contributed by atoms with Crippen molar-refractivity contribution in [3.05, 3.63) is 30.1 Å². The summed E-state index contributed by atoms with van der Waals surface area (Å²) in [6, 6.07) is 6.58. The predicted molar refractivity (Wildman–Crippen MR) is 78.8 cm³/mol. The molecule has 1 N–H and O–H groups in total. The molecule has 1 aliphatic heterocycles. The molecule has 0 radical (unpaired) electrons.